The van der Waals surface area contributed by atoms with Crippen LogP contribution in [0.15, 0.2) is 54.6 Å². The summed E-state index contributed by atoms with van der Waals surface area (Å²) >= 11 is 0. The van der Waals surface area contributed by atoms with E-state index in [0.29, 0.717) is 51.6 Å². The highest BCUT2D eigenvalue weighted by Crippen LogP contribution is 2.29. The minimum Gasteiger partial charge on any atom is -0.381 e. The molecule has 1 unspecified atom stereocenters. The zero-order valence-corrected chi connectivity index (χ0v) is 20.3. The number of benzene rings is 2. The van der Waals surface area contributed by atoms with Crippen LogP contribution in [0.1, 0.15) is 23.2 Å². The minimum atomic E-state index is -0.392. The molecule has 5 rings (SSSR count). The molecule has 9 heteroatoms. The van der Waals surface area contributed by atoms with Crippen LogP contribution in [0.4, 0.5) is 11.5 Å². The lowest BCUT2D eigenvalue weighted by molar-refractivity contribution is -0.384. The van der Waals surface area contributed by atoms with Crippen LogP contribution in [0.25, 0.3) is 11.4 Å². The van der Waals surface area contributed by atoms with Crippen LogP contribution in [0.2, 0.25) is 0 Å². The van der Waals surface area contributed by atoms with Crippen molar-refractivity contribution in [2.24, 2.45) is 5.92 Å². The number of nitro benzene ring substituents is 1. The number of rotatable bonds is 6. The van der Waals surface area contributed by atoms with Gasteiger partial charge in [-0.1, -0.05) is 42.5 Å². The molecule has 186 valence electrons. The van der Waals surface area contributed by atoms with Crippen LogP contribution < -0.4 is 4.90 Å². The SMILES string of the molecule is Cc1nc(-c2ccccc2)nc(N2CCN(C(=O)C3CCOC3)CC2)c1Cc1ccc([N+](=O)[O-])cc1. The molecule has 36 heavy (non-hydrogen) atoms. The summed E-state index contributed by atoms with van der Waals surface area (Å²) in [5.41, 5.74) is 3.83. The van der Waals surface area contributed by atoms with Crippen LogP contribution in [-0.4, -0.2) is 65.1 Å². The van der Waals surface area contributed by atoms with Crippen molar-refractivity contribution in [3.05, 3.63) is 81.5 Å². The predicted molar refractivity (Wildman–Crippen MR) is 136 cm³/mol. The fourth-order valence-corrected chi connectivity index (χ4v) is 4.83. The van der Waals surface area contributed by atoms with E-state index in [4.69, 9.17) is 14.7 Å². The topological polar surface area (TPSA) is 102 Å². The molecular formula is C27H29N5O4. The van der Waals surface area contributed by atoms with E-state index >= 15 is 0 Å². The number of non-ortho nitro benzene ring substituents is 1. The first-order chi connectivity index (χ1) is 17.5. The summed E-state index contributed by atoms with van der Waals surface area (Å²) in [6.45, 7) is 5.79. The molecule has 1 amide bonds. The van der Waals surface area contributed by atoms with Crippen molar-refractivity contribution in [2.45, 2.75) is 19.8 Å². The molecule has 9 nitrogen and oxygen atoms in total. The Bertz CT molecular complexity index is 1240. The molecule has 0 aliphatic carbocycles. The summed E-state index contributed by atoms with van der Waals surface area (Å²) in [5, 5.41) is 11.1. The van der Waals surface area contributed by atoms with Crippen LogP contribution >= 0.6 is 0 Å². The van der Waals surface area contributed by atoms with Crippen LogP contribution in [0.5, 0.6) is 0 Å². The predicted octanol–water partition coefficient (Wildman–Crippen LogP) is 3.64. The molecule has 2 saturated heterocycles. The van der Waals surface area contributed by atoms with Crippen molar-refractivity contribution < 1.29 is 14.5 Å². The Hall–Kier alpha value is -3.85. The Morgan fingerprint density at radius 1 is 1.06 bits per heavy atom. The first kappa shape index (κ1) is 23.9. The van der Waals surface area contributed by atoms with Crippen molar-refractivity contribution in [3.8, 4) is 11.4 Å². The van der Waals surface area contributed by atoms with E-state index in [1.165, 1.54) is 12.1 Å². The third-order valence-electron chi connectivity index (χ3n) is 6.92. The van der Waals surface area contributed by atoms with Crippen LogP contribution in [-0.2, 0) is 16.0 Å². The molecule has 0 spiro atoms. The largest absolute Gasteiger partial charge is 0.381 e. The number of hydrogen-bond acceptors (Lipinski definition) is 7. The maximum Gasteiger partial charge on any atom is 0.269 e. The number of carbonyl (C=O) groups is 1. The zero-order chi connectivity index (χ0) is 25.1. The van der Waals surface area contributed by atoms with Crippen molar-refractivity contribution in [2.75, 3.05) is 44.3 Å². The Balaban J connectivity index is 1.43. The second kappa shape index (κ2) is 10.4. The molecule has 2 aliphatic heterocycles. The molecule has 2 aromatic carbocycles. The summed E-state index contributed by atoms with van der Waals surface area (Å²) in [5.74, 6) is 1.68. The monoisotopic (exact) mass is 487 g/mol. The van der Waals surface area contributed by atoms with Gasteiger partial charge in [-0.05, 0) is 18.9 Å². The Morgan fingerprint density at radius 3 is 2.42 bits per heavy atom. The third-order valence-corrected chi connectivity index (χ3v) is 6.92. The van der Waals surface area contributed by atoms with Gasteiger partial charge in [0.25, 0.3) is 5.69 Å². The first-order valence-corrected chi connectivity index (χ1v) is 12.3. The smallest absolute Gasteiger partial charge is 0.269 e. The minimum absolute atomic E-state index is 0.0276. The second-order valence-electron chi connectivity index (χ2n) is 9.27. The molecule has 0 bridgehead atoms. The van der Waals surface area contributed by atoms with Crippen LogP contribution in [0, 0.1) is 23.0 Å². The van der Waals surface area contributed by atoms with Crippen molar-refractivity contribution in [1.82, 2.24) is 14.9 Å². The van der Waals surface area contributed by atoms with Crippen molar-refractivity contribution in [1.29, 1.82) is 0 Å². The van der Waals surface area contributed by atoms with Gasteiger partial charge in [-0.3, -0.25) is 14.9 Å². The Labute approximate surface area is 209 Å². The van der Waals surface area contributed by atoms with E-state index in [0.717, 1.165) is 34.6 Å². The number of piperazine rings is 1. The van der Waals surface area contributed by atoms with Crippen molar-refractivity contribution in [3.63, 3.8) is 0 Å². The number of hydrogen-bond donors (Lipinski definition) is 0. The summed E-state index contributed by atoms with van der Waals surface area (Å²) in [4.78, 5) is 37.5. The lowest BCUT2D eigenvalue weighted by Gasteiger charge is -2.37. The molecular weight excluding hydrogens is 458 g/mol. The van der Waals surface area contributed by atoms with Gasteiger partial charge in [0.2, 0.25) is 5.91 Å². The third kappa shape index (κ3) is 5.06. The van der Waals surface area contributed by atoms with Crippen molar-refractivity contribution >= 4 is 17.4 Å². The average molecular weight is 488 g/mol. The van der Waals surface area contributed by atoms with Gasteiger partial charge in [-0.15, -0.1) is 0 Å². The standard InChI is InChI=1S/C27H29N5O4/c1-19-24(17-20-7-9-23(10-8-20)32(34)35)26(29-25(28-19)21-5-3-2-4-6-21)30-12-14-31(15-13-30)27(33)22-11-16-36-18-22/h2-10,22H,11-18H2,1H3. The highest BCUT2D eigenvalue weighted by molar-refractivity contribution is 5.79. The number of nitrogens with zero attached hydrogens (tertiary/aromatic N) is 5. The molecule has 3 heterocycles. The normalized spacial score (nSPS) is 17.9. The second-order valence-corrected chi connectivity index (χ2v) is 9.27. The van der Waals surface area contributed by atoms with Gasteiger partial charge in [0.1, 0.15) is 5.82 Å². The van der Waals surface area contributed by atoms with Gasteiger partial charge in [-0.2, -0.15) is 0 Å². The molecule has 1 atom stereocenters. The highest BCUT2D eigenvalue weighted by atomic mass is 16.6. The molecule has 0 N–H and O–H groups in total. The van der Waals surface area contributed by atoms with Gasteiger partial charge in [-0.25, -0.2) is 9.97 Å². The lowest BCUT2D eigenvalue weighted by atomic mass is 10.0. The maximum absolute atomic E-state index is 12.9. The number of amides is 1. The van der Waals surface area contributed by atoms with E-state index < -0.39 is 4.92 Å². The molecule has 2 aliphatic rings. The fourth-order valence-electron chi connectivity index (χ4n) is 4.83. The summed E-state index contributed by atoms with van der Waals surface area (Å²) in [6, 6.07) is 16.5. The summed E-state index contributed by atoms with van der Waals surface area (Å²) in [7, 11) is 0. The van der Waals surface area contributed by atoms with E-state index in [9.17, 15) is 14.9 Å². The van der Waals surface area contributed by atoms with E-state index in [1.54, 1.807) is 12.1 Å². The van der Waals surface area contributed by atoms with E-state index in [1.807, 2.05) is 42.2 Å². The van der Waals surface area contributed by atoms with Gasteiger partial charge >= 0.3 is 0 Å². The van der Waals surface area contributed by atoms with E-state index in [2.05, 4.69) is 4.90 Å². The number of aromatic nitrogens is 2. The van der Waals surface area contributed by atoms with Gasteiger partial charge in [0.05, 0.1) is 17.4 Å². The quantitative estimate of drug-likeness (QED) is 0.386. The number of nitro groups is 1. The molecule has 1 aromatic heterocycles. The lowest BCUT2D eigenvalue weighted by Crippen LogP contribution is -2.51. The summed E-state index contributed by atoms with van der Waals surface area (Å²) in [6.07, 6.45) is 1.36. The highest BCUT2D eigenvalue weighted by Gasteiger charge is 2.31. The fraction of sp³-hybridized carbons (Fsp3) is 0.370. The van der Waals surface area contributed by atoms with Gasteiger partial charge in [0, 0.05) is 68.2 Å². The Kier molecular flexibility index (Phi) is 6.90. The molecule has 3 aromatic rings. The number of carbonyl (C=O) groups excluding carboxylic acids is 1. The molecule has 0 radical (unpaired) electrons. The maximum atomic E-state index is 12.9. The summed E-state index contributed by atoms with van der Waals surface area (Å²) < 4.78 is 5.41. The first-order valence-electron chi connectivity index (χ1n) is 12.3. The molecule has 2 fully saturated rings. The average Bonchev–Trinajstić information content (AvgIpc) is 3.45. The molecule has 0 saturated carbocycles. The number of anilines is 1. The van der Waals surface area contributed by atoms with E-state index in [-0.39, 0.29) is 17.5 Å². The van der Waals surface area contributed by atoms with Crippen LogP contribution in [0.3, 0.4) is 0 Å². The Morgan fingerprint density at radius 2 is 1.78 bits per heavy atom. The number of aryl methyl sites for hydroxylation is 1. The van der Waals surface area contributed by atoms with Gasteiger partial charge < -0.3 is 14.5 Å². The number of ether oxygens (including phenoxy) is 1. The van der Waals surface area contributed by atoms with Gasteiger partial charge in [0.15, 0.2) is 5.82 Å². The zero-order valence-electron chi connectivity index (χ0n) is 20.3.